The fourth-order valence-electron chi connectivity index (χ4n) is 4.41. The molecule has 0 aliphatic carbocycles. The third kappa shape index (κ3) is 6.66. The molecule has 2 N–H and O–H groups in total. The van der Waals surface area contributed by atoms with Crippen molar-refractivity contribution in [3.8, 4) is 21.9 Å². The molecule has 4 aromatic rings. The zero-order valence-electron chi connectivity index (χ0n) is 22.3. The van der Waals surface area contributed by atoms with Crippen LogP contribution in [-0.2, 0) is 16.0 Å². The smallest absolute Gasteiger partial charge is 0.410 e. The molecular formula is C30H32FN3O4S. The van der Waals surface area contributed by atoms with E-state index in [0.717, 1.165) is 45.7 Å². The molecule has 0 radical (unpaired) electrons. The molecule has 2 aromatic heterocycles. The average Bonchev–Trinajstić information content (AvgIpc) is 3.55. The first kappa shape index (κ1) is 26.9. The van der Waals surface area contributed by atoms with Gasteiger partial charge in [-0.1, -0.05) is 24.3 Å². The predicted molar refractivity (Wildman–Crippen MR) is 152 cm³/mol. The van der Waals surface area contributed by atoms with E-state index in [-0.39, 0.29) is 17.9 Å². The van der Waals surface area contributed by atoms with Gasteiger partial charge in [-0.25, -0.2) is 9.18 Å². The van der Waals surface area contributed by atoms with Gasteiger partial charge in [-0.2, -0.15) is 0 Å². The summed E-state index contributed by atoms with van der Waals surface area (Å²) < 4.78 is 32.5. The second kappa shape index (κ2) is 11.2. The summed E-state index contributed by atoms with van der Waals surface area (Å²) in [5.41, 5.74) is 8.18. The maximum absolute atomic E-state index is 14.3. The Morgan fingerprint density at radius 3 is 2.64 bits per heavy atom. The lowest BCUT2D eigenvalue weighted by molar-refractivity contribution is 0.00860. The average molecular weight is 550 g/mol. The number of nitrogens with two attached hydrogens (primary N) is 1. The highest BCUT2D eigenvalue weighted by Crippen LogP contribution is 2.39. The molecule has 3 heterocycles. The van der Waals surface area contributed by atoms with Gasteiger partial charge >= 0.3 is 6.09 Å². The lowest BCUT2D eigenvalue weighted by Crippen LogP contribution is -2.40. The van der Waals surface area contributed by atoms with E-state index in [2.05, 4.69) is 4.98 Å². The molecule has 5 rings (SSSR count). The van der Waals surface area contributed by atoms with Gasteiger partial charge in [-0.15, -0.1) is 11.3 Å². The molecule has 204 valence electrons. The molecule has 0 saturated carbocycles. The van der Waals surface area contributed by atoms with Gasteiger partial charge in [-0.05, 0) is 62.9 Å². The van der Waals surface area contributed by atoms with Gasteiger partial charge in [0.2, 0.25) is 0 Å². The number of carbonyl (C=O) groups is 1. The number of anilines is 1. The van der Waals surface area contributed by atoms with Crippen LogP contribution in [0.1, 0.15) is 39.2 Å². The van der Waals surface area contributed by atoms with E-state index in [9.17, 15) is 9.18 Å². The van der Waals surface area contributed by atoms with Crippen molar-refractivity contribution in [1.82, 2.24) is 9.88 Å². The zero-order valence-corrected chi connectivity index (χ0v) is 23.1. The number of pyridine rings is 1. The molecule has 7 nitrogen and oxygen atoms in total. The quantitative estimate of drug-likeness (QED) is 0.242. The maximum atomic E-state index is 14.3. The Morgan fingerprint density at radius 1 is 1.15 bits per heavy atom. The van der Waals surface area contributed by atoms with Crippen molar-refractivity contribution >= 4 is 33.3 Å². The molecule has 1 amide bonds. The molecule has 2 aromatic carbocycles. The van der Waals surface area contributed by atoms with Crippen molar-refractivity contribution in [2.75, 3.05) is 18.9 Å². The first-order valence-electron chi connectivity index (χ1n) is 12.9. The summed E-state index contributed by atoms with van der Waals surface area (Å²) in [4.78, 5) is 20.1. The van der Waals surface area contributed by atoms with Crippen molar-refractivity contribution in [3.63, 3.8) is 0 Å². The Kier molecular flexibility index (Phi) is 7.72. The van der Waals surface area contributed by atoms with E-state index in [1.807, 2.05) is 51.1 Å². The minimum atomic E-state index is -0.576. The van der Waals surface area contributed by atoms with Gasteiger partial charge in [0.05, 0.1) is 22.9 Å². The van der Waals surface area contributed by atoms with Crippen LogP contribution in [0.5, 0.6) is 11.5 Å². The number of halogens is 1. The summed E-state index contributed by atoms with van der Waals surface area (Å²) in [5, 5.41) is 0. The van der Waals surface area contributed by atoms with Crippen LogP contribution in [0.2, 0.25) is 0 Å². The SMILES string of the molecule is CC(C)(C)OC(=O)N(Cc1ccc(-c2cc3nccc(Oc4ccc(N)cc4F)c3s2)cc1)CC1CCCO1. The lowest BCUT2D eigenvalue weighted by Gasteiger charge is -2.29. The molecule has 1 fully saturated rings. The number of aromatic nitrogens is 1. The van der Waals surface area contributed by atoms with Gasteiger partial charge in [-0.3, -0.25) is 4.98 Å². The highest BCUT2D eigenvalue weighted by atomic mass is 32.1. The number of fused-ring (bicyclic) bond motifs is 1. The number of benzene rings is 2. The van der Waals surface area contributed by atoms with Gasteiger partial charge in [0.1, 0.15) is 11.4 Å². The van der Waals surface area contributed by atoms with Crippen molar-refractivity contribution in [2.45, 2.75) is 51.9 Å². The van der Waals surface area contributed by atoms with Crippen LogP contribution < -0.4 is 10.5 Å². The Bertz CT molecular complexity index is 1460. The largest absolute Gasteiger partial charge is 0.453 e. The first-order chi connectivity index (χ1) is 18.6. The fourth-order valence-corrected chi connectivity index (χ4v) is 5.49. The van der Waals surface area contributed by atoms with E-state index in [4.69, 9.17) is 19.9 Å². The number of amides is 1. The molecule has 39 heavy (non-hydrogen) atoms. The summed E-state index contributed by atoms with van der Waals surface area (Å²) >= 11 is 1.52. The summed E-state index contributed by atoms with van der Waals surface area (Å²) in [5.74, 6) is 0.111. The van der Waals surface area contributed by atoms with Crippen LogP contribution in [-0.4, -0.2) is 40.8 Å². The Hall–Kier alpha value is -3.69. The van der Waals surface area contributed by atoms with Crippen molar-refractivity contribution < 1.29 is 23.4 Å². The molecule has 0 spiro atoms. The standard InChI is InChI=1S/C30H32FN3O4S/c1-30(2,3)38-29(35)34(18-22-5-4-14-36-22)17-19-6-8-20(9-7-19)27-16-24-28(39-27)26(12-13-33-24)37-25-11-10-21(32)15-23(25)31/h6-13,15-16,22H,4-5,14,17-18,32H2,1-3H3. The third-order valence-electron chi connectivity index (χ3n) is 6.26. The maximum Gasteiger partial charge on any atom is 0.410 e. The van der Waals surface area contributed by atoms with Crippen molar-refractivity contribution in [2.24, 2.45) is 0 Å². The number of rotatable bonds is 7. The minimum absolute atomic E-state index is 0.0287. The Labute approximate surface area is 231 Å². The van der Waals surface area contributed by atoms with E-state index in [1.165, 1.54) is 23.5 Å². The molecule has 1 saturated heterocycles. The molecule has 1 aliphatic heterocycles. The second-order valence-electron chi connectivity index (χ2n) is 10.6. The molecule has 1 atom stereocenters. The van der Waals surface area contributed by atoms with Crippen LogP contribution in [0, 0.1) is 5.82 Å². The number of ether oxygens (including phenoxy) is 3. The summed E-state index contributed by atoms with van der Waals surface area (Å²) in [6.45, 7) is 7.25. The van der Waals surface area contributed by atoms with Crippen LogP contribution in [0.3, 0.4) is 0 Å². The van der Waals surface area contributed by atoms with E-state index < -0.39 is 11.4 Å². The second-order valence-corrected chi connectivity index (χ2v) is 11.7. The van der Waals surface area contributed by atoms with Crippen molar-refractivity contribution in [1.29, 1.82) is 0 Å². The van der Waals surface area contributed by atoms with Crippen LogP contribution in [0.15, 0.2) is 60.8 Å². The zero-order chi connectivity index (χ0) is 27.6. The van der Waals surface area contributed by atoms with Gasteiger partial charge < -0.3 is 24.8 Å². The molecular weight excluding hydrogens is 517 g/mol. The van der Waals surface area contributed by atoms with E-state index in [0.29, 0.717) is 24.5 Å². The summed E-state index contributed by atoms with van der Waals surface area (Å²) in [6, 6.07) is 16.2. The fraction of sp³-hybridized carbons (Fsp3) is 0.333. The number of thiophene rings is 1. The predicted octanol–water partition coefficient (Wildman–Crippen LogP) is 7.39. The highest BCUT2D eigenvalue weighted by Gasteiger charge is 2.27. The number of hydrogen-bond donors (Lipinski definition) is 1. The minimum Gasteiger partial charge on any atom is -0.453 e. The van der Waals surface area contributed by atoms with Crippen LogP contribution >= 0.6 is 11.3 Å². The highest BCUT2D eigenvalue weighted by molar-refractivity contribution is 7.22. The molecule has 9 heteroatoms. The first-order valence-corrected chi connectivity index (χ1v) is 13.8. The van der Waals surface area contributed by atoms with Gasteiger partial charge in [0.25, 0.3) is 0 Å². The monoisotopic (exact) mass is 549 g/mol. The van der Waals surface area contributed by atoms with E-state index in [1.54, 1.807) is 23.2 Å². The number of nitrogens with zero attached hydrogens (tertiary/aromatic N) is 2. The molecule has 0 bridgehead atoms. The number of hydrogen-bond acceptors (Lipinski definition) is 7. The molecule has 1 aliphatic rings. The number of nitrogen functional groups attached to an aromatic ring is 1. The Balaban J connectivity index is 1.34. The van der Waals surface area contributed by atoms with Crippen molar-refractivity contribution in [3.05, 3.63) is 72.2 Å². The topological polar surface area (TPSA) is 86.9 Å². The number of carbonyl (C=O) groups excluding carboxylic acids is 1. The normalized spacial score (nSPS) is 15.4. The Morgan fingerprint density at radius 2 is 1.95 bits per heavy atom. The van der Waals surface area contributed by atoms with Crippen LogP contribution in [0.4, 0.5) is 14.9 Å². The summed E-state index contributed by atoms with van der Waals surface area (Å²) in [7, 11) is 0. The van der Waals surface area contributed by atoms with Crippen LogP contribution in [0.25, 0.3) is 20.7 Å². The third-order valence-corrected chi connectivity index (χ3v) is 7.45. The summed E-state index contributed by atoms with van der Waals surface area (Å²) in [6.07, 6.45) is 3.28. The lowest BCUT2D eigenvalue weighted by atomic mass is 10.1. The van der Waals surface area contributed by atoms with Gasteiger partial charge in [0.15, 0.2) is 11.6 Å². The van der Waals surface area contributed by atoms with E-state index >= 15 is 0 Å². The van der Waals surface area contributed by atoms with Gasteiger partial charge in [0, 0.05) is 42.0 Å². The molecule has 1 unspecified atom stereocenters.